The van der Waals surface area contributed by atoms with Gasteiger partial charge in [-0.2, -0.15) is 9.78 Å². The third kappa shape index (κ3) is 4.67. The van der Waals surface area contributed by atoms with Crippen molar-refractivity contribution in [1.29, 1.82) is 0 Å². The standard InChI is InChI=1S/C21H20FN3O2S/c1-13-4-9-18(12-14(13)2)25-20(26)11-10-19(24-25)28-15(3)21(27)23-17-7-5-16(22)6-8-17/h4-12,15H,1-3H3,(H,23,27)/t15-/m1/s1. The average Bonchev–Trinajstić information content (AvgIpc) is 2.67. The van der Waals surface area contributed by atoms with E-state index >= 15 is 0 Å². The van der Waals surface area contributed by atoms with Crippen molar-refractivity contribution in [2.75, 3.05) is 5.32 Å². The molecule has 0 fully saturated rings. The van der Waals surface area contributed by atoms with E-state index in [-0.39, 0.29) is 17.3 Å². The van der Waals surface area contributed by atoms with Gasteiger partial charge in [-0.3, -0.25) is 9.59 Å². The number of thioether (sulfide) groups is 1. The van der Waals surface area contributed by atoms with E-state index in [4.69, 9.17) is 0 Å². The molecule has 0 aliphatic heterocycles. The number of nitrogens with zero attached hydrogens (tertiary/aromatic N) is 2. The Hall–Kier alpha value is -2.93. The van der Waals surface area contributed by atoms with Gasteiger partial charge in [0.15, 0.2) is 0 Å². The fourth-order valence-corrected chi connectivity index (χ4v) is 3.31. The van der Waals surface area contributed by atoms with Gasteiger partial charge in [0.2, 0.25) is 5.91 Å². The smallest absolute Gasteiger partial charge is 0.271 e. The monoisotopic (exact) mass is 397 g/mol. The van der Waals surface area contributed by atoms with E-state index in [1.165, 1.54) is 46.8 Å². The number of benzene rings is 2. The van der Waals surface area contributed by atoms with Gasteiger partial charge < -0.3 is 5.32 Å². The van der Waals surface area contributed by atoms with Gasteiger partial charge in [0.05, 0.1) is 10.9 Å². The van der Waals surface area contributed by atoms with Crippen LogP contribution >= 0.6 is 11.8 Å². The minimum Gasteiger partial charge on any atom is -0.325 e. The van der Waals surface area contributed by atoms with Crippen LogP contribution in [-0.2, 0) is 4.79 Å². The van der Waals surface area contributed by atoms with Crippen LogP contribution in [0.5, 0.6) is 0 Å². The Kier molecular flexibility index (Phi) is 5.94. The highest BCUT2D eigenvalue weighted by Gasteiger charge is 2.16. The SMILES string of the molecule is Cc1ccc(-n2nc(S[C@H](C)C(=O)Nc3ccc(F)cc3)ccc2=O)cc1C. The lowest BCUT2D eigenvalue weighted by atomic mass is 10.1. The quantitative estimate of drug-likeness (QED) is 0.658. The molecule has 5 nitrogen and oxygen atoms in total. The third-order valence-corrected chi connectivity index (χ3v) is 5.32. The molecule has 28 heavy (non-hydrogen) atoms. The average molecular weight is 397 g/mol. The molecule has 3 aromatic rings. The van der Waals surface area contributed by atoms with E-state index < -0.39 is 5.25 Å². The van der Waals surface area contributed by atoms with E-state index in [1.54, 1.807) is 13.0 Å². The van der Waals surface area contributed by atoms with Gasteiger partial charge in [-0.05, 0) is 74.4 Å². The van der Waals surface area contributed by atoms with Crippen molar-refractivity contribution in [2.45, 2.75) is 31.0 Å². The van der Waals surface area contributed by atoms with Crippen LogP contribution in [0, 0.1) is 19.7 Å². The molecule has 0 aliphatic rings. The Morgan fingerprint density at radius 2 is 1.79 bits per heavy atom. The van der Waals surface area contributed by atoms with Crippen molar-refractivity contribution >= 4 is 23.4 Å². The molecular formula is C21H20FN3O2S. The van der Waals surface area contributed by atoms with Crippen LogP contribution in [0.2, 0.25) is 0 Å². The van der Waals surface area contributed by atoms with Crippen LogP contribution in [0.25, 0.3) is 5.69 Å². The molecule has 1 heterocycles. The maximum Gasteiger partial charge on any atom is 0.271 e. The first kappa shape index (κ1) is 19.8. The van der Waals surface area contributed by atoms with Crippen molar-refractivity contribution < 1.29 is 9.18 Å². The van der Waals surface area contributed by atoms with Crippen LogP contribution in [0.4, 0.5) is 10.1 Å². The van der Waals surface area contributed by atoms with E-state index in [0.29, 0.717) is 16.4 Å². The van der Waals surface area contributed by atoms with Crippen LogP contribution in [0.1, 0.15) is 18.1 Å². The predicted octanol–water partition coefficient (Wildman–Crippen LogP) is 4.11. The largest absolute Gasteiger partial charge is 0.325 e. The summed E-state index contributed by atoms with van der Waals surface area (Å²) in [5.74, 6) is -0.597. The van der Waals surface area contributed by atoms with Crippen LogP contribution in [-0.4, -0.2) is 20.9 Å². The maximum absolute atomic E-state index is 13.0. The second-order valence-electron chi connectivity index (χ2n) is 6.45. The number of hydrogen-bond donors (Lipinski definition) is 1. The molecule has 2 aromatic carbocycles. The summed E-state index contributed by atoms with van der Waals surface area (Å²) in [6.07, 6.45) is 0. The van der Waals surface area contributed by atoms with Crippen LogP contribution in [0.3, 0.4) is 0 Å². The Bertz CT molecular complexity index is 1060. The molecule has 1 aromatic heterocycles. The Balaban J connectivity index is 1.76. The Morgan fingerprint density at radius 1 is 1.07 bits per heavy atom. The number of carbonyl (C=O) groups excluding carboxylic acids is 1. The zero-order chi connectivity index (χ0) is 20.3. The minimum atomic E-state index is -0.455. The molecule has 1 atom stereocenters. The van der Waals surface area contributed by atoms with Gasteiger partial charge in [0, 0.05) is 11.8 Å². The summed E-state index contributed by atoms with van der Waals surface area (Å²) in [6.45, 7) is 5.73. The van der Waals surface area contributed by atoms with Crippen molar-refractivity contribution in [3.05, 3.63) is 81.9 Å². The molecule has 0 unspecified atom stereocenters. The maximum atomic E-state index is 13.0. The molecule has 1 amide bonds. The normalized spacial score (nSPS) is 11.9. The van der Waals surface area contributed by atoms with E-state index in [2.05, 4.69) is 10.4 Å². The van der Waals surface area contributed by atoms with Crippen molar-refractivity contribution in [1.82, 2.24) is 9.78 Å². The molecule has 0 saturated heterocycles. The topological polar surface area (TPSA) is 64.0 Å². The molecule has 0 radical (unpaired) electrons. The first-order valence-electron chi connectivity index (χ1n) is 8.74. The highest BCUT2D eigenvalue weighted by atomic mass is 32.2. The zero-order valence-electron chi connectivity index (χ0n) is 15.8. The summed E-state index contributed by atoms with van der Waals surface area (Å²) in [5, 5.41) is 7.23. The molecule has 1 N–H and O–H groups in total. The predicted molar refractivity (Wildman–Crippen MR) is 110 cm³/mol. The number of amides is 1. The van der Waals surface area contributed by atoms with Crippen molar-refractivity contribution in [2.24, 2.45) is 0 Å². The summed E-state index contributed by atoms with van der Waals surface area (Å²) >= 11 is 1.24. The van der Waals surface area contributed by atoms with Gasteiger partial charge >= 0.3 is 0 Å². The van der Waals surface area contributed by atoms with Gasteiger partial charge in [0.25, 0.3) is 5.56 Å². The summed E-state index contributed by atoms with van der Waals surface area (Å²) in [5.41, 5.74) is 3.16. The van der Waals surface area contributed by atoms with E-state index in [0.717, 1.165) is 11.1 Å². The number of anilines is 1. The van der Waals surface area contributed by atoms with E-state index in [1.807, 2.05) is 32.0 Å². The van der Waals surface area contributed by atoms with Crippen LogP contribution < -0.4 is 10.9 Å². The molecular weight excluding hydrogens is 377 g/mol. The zero-order valence-corrected chi connectivity index (χ0v) is 16.6. The molecule has 0 bridgehead atoms. The molecule has 0 saturated carbocycles. The van der Waals surface area contributed by atoms with Crippen LogP contribution in [0.15, 0.2) is 64.4 Å². The molecule has 3 rings (SSSR count). The first-order chi connectivity index (χ1) is 13.3. The van der Waals surface area contributed by atoms with Gasteiger partial charge in [-0.25, -0.2) is 4.39 Å². The van der Waals surface area contributed by atoms with Gasteiger partial charge in [0.1, 0.15) is 10.8 Å². The molecule has 0 spiro atoms. The number of carbonyl (C=O) groups is 1. The van der Waals surface area contributed by atoms with E-state index in [9.17, 15) is 14.0 Å². The summed E-state index contributed by atoms with van der Waals surface area (Å²) < 4.78 is 14.3. The molecule has 7 heteroatoms. The number of aryl methyl sites for hydroxylation is 2. The summed E-state index contributed by atoms with van der Waals surface area (Å²) in [7, 11) is 0. The first-order valence-corrected chi connectivity index (χ1v) is 9.62. The lowest BCUT2D eigenvalue weighted by molar-refractivity contribution is -0.115. The van der Waals surface area contributed by atoms with Gasteiger partial charge in [-0.15, -0.1) is 0 Å². The molecule has 0 aliphatic carbocycles. The number of hydrogen-bond acceptors (Lipinski definition) is 4. The lowest BCUT2D eigenvalue weighted by Gasteiger charge is -2.13. The van der Waals surface area contributed by atoms with Crippen molar-refractivity contribution in [3.8, 4) is 5.69 Å². The lowest BCUT2D eigenvalue weighted by Crippen LogP contribution is -2.24. The number of rotatable bonds is 5. The second-order valence-corrected chi connectivity index (χ2v) is 7.81. The minimum absolute atomic E-state index is 0.234. The number of halogens is 1. The number of aromatic nitrogens is 2. The highest BCUT2D eigenvalue weighted by molar-refractivity contribution is 8.00. The van der Waals surface area contributed by atoms with Crippen molar-refractivity contribution in [3.63, 3.8) is 0 Å². The summed E-state index contributed by atoms with van der Waals surface area (Å²) in [4.78, 5) is 24.6. The number of nitrogens with one attached hydrogen (secondary N) is 1. The fourth-order valence-electron chi connectivity index (χ4n) is 2.51. The van der Waals surface area contributed by atoms with Gasteiger partial charge in [-0.1, -0.05) is 17.8 Å². The highest BCUT2D eigenvalue weighted by Crippen LogP contribution is 2.22. The Morgan fingerprint density at radius 3 is 2.46 bits per heavy atom. The molecule has 144 valence electrons. The third-order valence-electron chi connectivity index (χ3n) is 4.29. The second kappa shape index (κ2) is 8.39. The Labute approximate surface area is 166 Å². The summed E-state index contributed by atoms with van der Waals surface area (Å²) in [6, 6.07) is 14.3. The fraction of sp³-hybridized carbons (Fsp3) is 0.190.